The van der Waals surface area contributed by atoms with Gasteiger partial charge in [0.2, 0.25) is 10.0 Å². The number of carbonyl (C=O) groups excluding carboxylic acids is 1. The third kappa shape index (κ3) is 3.58. The van der Waals surface area contributed by atoms with E-state index in [0.29, 0.717) is 5.69 Å². The summed E-state index contributed by atoms with van der Waals surface area (Å²) in [6.45, 7) is 1.39. The van der Waals surface area contributed by atoms with Crippen LogP contribution in [0.25, 0.3) is 0 Å². The molecule has 0 saturated heterocycles. The van der Waals surface area contributed by atoms with E-state index >= 15 is 0 Å². The molecular weight excluding hydrogens is 272 g/mol. The standard InChI is InChI=1S/C11H16N2O5S/c1-7(11(14)18-3)13-19(15,16)8-4-5-9(12)10(6-8)17-2/h4-7,13H,12H2,1-3H3. The number of rotatable bonds is 5. The summed E-state index contributed by atoms with van der Waals surface area (Å²) < 4.78 is 35.6. The molecule has 1 unspecified atom stereocenters. The van der Waals surface area contributed by atoms with E-state index in [-0.39, 0.29) is 10.6 Å². The summed E-state index contributed by atoms with van der Waals surface area (Å²) in [5.41, 5.74) is 5.92. The molecule has 0 fully saturated rings. The zero-order valence-electron chi connectivity index (χ0n) is 10.8. The number of methoxy groups -OCH3 is 2. The third-order valence-corrected chi connectivity index (χ3v) is 3.94. The molecular formula is C11H16N2O5S. The van der Waals surface area contributed by atoms with Gasteiger partial charge in [0.15, 0.2) is 0 Å². The van der Waals surface area contributed by atoms with Gasteiger partial charge in [0.1, 0.15) is 11.8 Å². The van der Waals surface area contributed by atoms with Crippen LogP contribution in [0.1, 0.15) is 6.92 Å². The van der Waals surface area contributed by atoms with Gasteiger partial charge in [0.05, 0.1) is 24.8 Å². The summed E-state index contributed by atoms with van der Waals surface area (Å²) in [4.78, 5) is 11.2. The third-order valence-electron chi connectivity index (χ3n) is 2.40. The Kier molecular flexibility index (Phi) is 4.73. The SMILES string of the molecule is COC(=O)C(C)NS(=O)(=O)c1ccc(N)c(OC)c1. The Balaban J connectivity index is 3.04. The van der Waals surface area contributed by atoms with Crippen LogP contribution in [0.4, 0.5) is 5.69 Å². The minimum atomic E-state index is -3.85. The predicted octanol–water partition coefficient (Wildman–Crippen LogP) is 0.117. The van der Waals surface area contributed by atoms with Crippen LogP contribution in [0.5, 0.6) is 5.75 Å². The lowest BCUT2D eigenvalue weighted by molar-refractivity contribution is -0.142. The Morgan fingerprint density at radius 3 is 2.53 bits per heavy atom. The molecule has 0 heterocycles. The average Bonchev–Trinajstić information content (AvgIpc) is 2.37. The molecule has 7 nitrogen and oxygen atoms in total. The topological polar surface area (TPSA) is 108 Å². The molecule has 0 aromatic heterocycles. The number of hydrogen-bond donors (Lipinski definition) is 2. The van der Waals surface area contributed by atoms with Crippen molar-refractivity contribution in [2.75, 3.05) is 20.0 Å². The van der Waals surface area contributed by atoms with Crippen LogP contribution in [0.15, 0.2) is 23.1 Å². The summed E-state index contributed by atoms with van der Waals surface area (Å²) in [6.07, 6.45) is 0. The zero-order chi connectivity index (χ0) is 14.6. The highest BCUT2D eigenvalue weighted by molar-refractivity contribution is 7.89. The second kappa shape index (κ2) is 5.89. The average molecular weight is 288 g/mol. The molecule has 0 spiro atoms. The van der Waals surface area contributed by atoms with Crippen molar-refractivity contribution < 1.29 is 22.7 Å². The maximum Gasteiger partial charge on any atom is 0.323 e. The number of ether oxygens (including phenoxy) is 2. The van der Waals surface area contributed by atoms with Gasteiger partial charge in [0, 0.05) is 6.07 Å². The quantitative estimate of drug-likeness (QED) is 0.588. The van der Waals surface area contributed by atoms with Crippen molar-refractivity contribution in [3.63, 3.8) is 0 Å². The van der Waals surface area contributed by atoms with E-state index in [1.165, 1.54) is 39.3 Å². The van der Waals surface area contributed by atoms with Crippen LogP contribution in [-0.4, -0.2) is 34.6 Å². The Labute approximate surface area is 111 Å². The molecule has 0 bridgehead atoms. The summed E-state index contributed by atoms with van der Waals surface area (Å²) in [7, 11) is -1.29. The van der Waals surface area contributed by atoms with Crippen LogP contribution >= 0.6 is 0 Å². The molecule has 1 rings (SSSR count). The van der Waals surface area contributed by atoms with Crippen molar-refractivity contribution in [2.24, 2.45) is 0 Å². The highest BCUT2D eigenvalue weighted by Gasteiger charge is 2.23. The number of hydrogen-bond acceptors (Lipinski definition) is 6. The number of nitrogens with one attached hydrogen (secondary N) is 1. The normalized spacial score (nSPS) is 12.8. The fourth-order valence-corrected chi connectivity index (χ4v) is 2.59. The first-order chi connectivity index (χ1) is 8.81. The van der Waals surface area contributed by atoms with E-state index in [1.807, 2.05) is 0 Å². The highest BCUT2D eigenvalue weighted by atomic mass is 32.2. The lowest BCUT2D eigenvalue weighted by Gasteiger charge is -2.13. The van der Waals surface area contributed by atoms with Gasteiger partial charge in [-0.2, -0.15) is 4.72 Å². The van der Waals surface area contributed by atoms with Gasteiger partial charge < -0.3 is 15.2 Å². The fraction of sp³-hybridized carbons (Fsp3) is 0.364. The summed E-state index contributed by atoms with van der Waals surface area (Å²) in [5.74, 6) is -0.431. The van der Waals surface area contributed by atoms with Gasteiger partial charge in [-0.15, -0.1) is 0 Å². The van der Waals surface area contributed by atoms with E-state index in [1.54, 1.807) is 0 Å². The molecule has 0 amide bonds. The molecule has 0 radical (unpaired) electrons. The van der Waals surface area contributed by atoms with Crippen LogP contribution < -0.4 is 15.2 Å². The molecule has 19 heavy (non-hydrogen) atoms. The summed E-state index contributed by atoms with van der Waals surface area (Å²) in [6, 6.07) is 3.03. The molecule has 0 saturated carbocycles. The van der Waals surface area contributed by atoms with E-state index in [2.05, 4.69) is 9.46 Å². The lowest BCUT2D eigenvalue weighted by Crippen LogP contribution is -2.39. The van der Waals surface area contributed by atoms with Crippen LogP contribution in [-0.2, 0) is 19.6 Å². The van der Waals surface area contributed by atoms with E-state index in [4.69, 9.17) is 10.5 Å². The minimum absolute atomic E-state index is 0.0469. The number of nitrogens with two attached hydrogens (primary N) is 1. The maximum absolute atomic E-state index is 12.0. The Morgan fingerprint density at radius 1 is 1.37 bits per heavy atom. The van der Waals surface area contributed by atoms with Gasteiger partial charge in [-0.25, -0.2) is 8.42 Å². The van der Waals surface area contributed by atoms with Crippen molar-refractivity contribution >= 4 is 21.7 Å². The van der Waals surface area contributed by atoms with Gasteiger partial charge in [-0.3, -0.25) is 4.79 Å². The number of carbonyl (C=O) groups is 1. The highest BCUT2D eigenvalue weighted by Crippen LogP contribution is 2.24. The number of esters is 1. The molecule has 0 aliphatic rings. The largest absolute Gasteiger partial charge is 0.495 e. The van der Waals surface area contributed by atoms with E-state index in [9.17, 15) is 13.2 Å². The van der Waals surface area contributed by atoms with Gasteiger partial charge >= 0.3 is 5.97 Å². The summed E-state index contributed by atoms with van der Waals surface area (Å²) >= 11 is 0. The van der Waals surface area contributed by atoms with E-state index < -0.39 is 22.0 Å². The first-order valence-corrected chi connectivity index (χ1v) is 6.84. The molecule has 3 N–H and O–H groups in total. The monoisotopic (exact) mass is 288 g/mol. The maximum atomic E-state index is 12.0. The smallest absolute Gasteiger partial charge is 0.323 e. The summed E-state index contributed by atoms with van der Waals surface area (Å²) in [5, 5.41) is 0. The Morgan fingerprint density at radius 2 is 2.00 bits per heavy atom. The van der Waals surface area contributed by atoms with Crippen molar-refractivity contribution in [1.29, 1.82) is 0 Å². The molecule has 1 aromatic carbocycles. The van der Waals surface area contributed by atoms with Crippen molar-refractivity contribution in [3.8, 4) is 5.75 Å². The second-order valence-corrected chi connectivity index (χ2v) is 5.48. The molecule has 1 aromatic rings. The molecule has 0 aliphatic heterocycles. The molecule has 8 heteroatoms. The Bertz CT molecular complexity index is 570. The van der Waals surface area contributed by atoms with Crippen LogP contribution in [0.3, 0.4) is 0 Å². The second-order valence-electron chi connectivity index (χ2n) is 3.77. The number of benzene rings is 1. The first-order valence-electron chi connectivity index (χ1n) is 5.35. The molecule has 1 atom stereocenters. The number of sulfonamides is 1. The Hall–Kier alpha value is -1.80. The minimum Gasteiger partial charge on any atom is -0.495 e. The van der Waals surface area contributed by atoms with Crippen LogP contribution in [0, 0.1) is 0 Å². The van der Waals surface area contributed by atoms with Gasteiger partial charge in [-0.05, 0) is 19.1 Å². The van der Waals surface area contributed by atoms with Crippen molar-refractivity contribution in [1.82, 2.24) is 4.72 Å². The fourth-order valence-electron chi connectivity index (χ4n) is 1.38. The van der Waals surface area contributed by atoms with Gasteiger partial charge in [0.25, 0.3) is 0 Å². The molecule has 0 aliphatic carbocycles. The number of nitrogen functional groups attached to an aromatic ring is 1. The first kappa shape index (κ1) is 15.3. The van der Waals surface area contributed by atoms with E-state index in [0.717, 1.165) is 0 Å². The van der Waals surface area contributed by atoms with Crippen LogP contribution in [0.2, 0.25) is 0 Å². The molecule has 106 valence electrons. The zero-order valence-corrected chi connectivity index (χ0v) is 11.7. The van der Waals surface area contributed by atoms with Crippen molar-refractivity contribution in [3.05, 3.63) is 18.2 Å². The lowest BCUT2D eigenvalue weighted by atomic mass is 10.3. The van der Waals surface area contributed by atoms with Gasteiger partial charge in [-0.1, -0.05) is 0 Å². The predicted molar refractivity (Wildman–Crippen MR) is 69.2 cm³/mol. The van der Waals surface area contributed by atoms with Crippen molar-refractivity contribution in [2.45, 2.75) is 17.9 Å². The number of anilines is 1.